The predicted molar refractivity (Wildman–Crippen MR) is 67.6 cm³/mol. The molecule has 0 aliphatic heterocycles. The number of oxime groups is 1. The zero-order valence-electron chi connectivity index (χ0n) is 10.3. The van der Waals surface area contributed by atoms with Gasteiger partial charge in [-0.3, -0.25) is 0 Å². The zero-order valence-corrected chi connectivity index (χ0v) is 11.1. The molecule has 0 saturated heterocycles. The van der Waals surface area contributed by atoms with E-state index in [0.29, 0.717) is 24.3 Å². The van der Waals surface area contributed by atoms with E-state index in [1.165, 1.54) is 6.07 Å². The Morgan fingerprint density at radius 2 is 2.17 bits per heavy atom. The molecule has 0 unspecified atom stereocenters. The summed E-state index contributed by atoms with van der Waals surface area (Å²) in [7, 11) is -3.85. The number of sulfonamides is 1. The van der Waals surface area contributed by atoms with Crippen LogP contribution in [0.25, 0.3) is 0 Å². The molecule has 0 aliphatic rings. The predicted octanol–water partition coefficient (Wildman–Crippen LogP) is 1.13. The monoisotopic (exact) mass is 272 g/mol. The number of nitrogens with two attached hydrogens (primary N) is 1. The maximum absolute atomic E-state index is 11.5. The average Bonchev–Trinajstić information content (AvgIpc) is 2.30. The summed E-state index contributed by atoms with van der Waals surface area (Å²) >= 11 is 0. The van der Waals surface area contributed by atoms with Crippen molar-refractivity contribution in [2.24, 2.45) is 10.3 Å². The second kappa shape index (κ2) is 5.83. The third-order valence-corrected chi connectivity index (χ3v) is 3.18. The second-order valence-electron chi connectivity index (χ2n) is 3.77. The van der Waals surface area contributed by atoms with Crippen LogP contribution in [0.1, 0.15) is 19.4 Å². The summed E-state index contributed by atoms with van der Waals surface area (Å²) in [4.78, 5) is -0.0624. The van der Waals surface area contributed by atoms with Crippen molar-refractivity contribution in [3.63, 3.8) is 0 Å². The minimum atomic E-state index is -3.85. The zero-order chi connectivity index (χ0) is 13.8. The first-order valence-corrected chi connectivity index (χ1v) is 6.89. The fourth-order valence-electron chi connectivity index (χ4n) is 1.49. The molecule has 0 radical (unpaired) electrons. The van der Waals surface area contributed by atoms with Crippen LogP contribution in [0.4, 0.5) is 0 Å². The molecule has 18 heavy (non-hydrogen) atoms. The number of hydrogen-bond acceptors (Lipinski definition) is 5. The first-order valence-electron chi connectivity index (χ1n) is 5.34. The number of nitrogens with zero attached hydrogens (tertiary/aromatic N) is 1. The molecule has 0 bridgehead atoms. The molecule has 0 spiro atoms. The van der Waals surface area contributed by atoms with Gasteiger partial charge in [0.2, 0.25) is 10.0 Å². The summed E-state index contributed by atoms with van der Waals surface area (Å²) in [6.45, 7) is 3.73. The molecule has 1 rings (SSSR count). The molecule has 0 atom stereocenters. The van der Waals surface area contributed by atoms with Gasteiger partial charge in [-0.1, -0.05) is 11.2 Å². The lowest BCUT2D eigenvalue weighted by Gasteiger charge is -2.10. The van der Waals surface area contributed by atoms with E-state index in [-0.39, 0.29) is 10.6 Å². The van der Waals surface area contributed by atoms with Gasteiger partial charge < -0.3 is 9.94 Å². The lowest BCUT2D eigenvalue weighted by molar-refractivity contribution is 0.317. The summed E-state index contributed by atoms with van der Waals surface area (Å²) in [6.07, 6.45) is 0.339. The van der Waals surface area contributed by atoms with Gasteiger partial charge >= 0.3 is 0 Å². The summed E-state index contributed by atoms with van der Waals surface area (Å²) in [5.41, 5.74) is 1.15. The van der Waals surface area contributed by atoms with E-state index in [4.69, 9.17) is 15.1 Å². The van der Waals surface area contributed by atoms with Gasteiger partial charge in [-0.05, 0) is 31.5 Å². The minimum Gasteiger partial charge on any atom is -0.492 e. The van der Waals surface area contributed by atoms with Crippen LogP contribution in [0.15, 0.2) is 28.3 Å². The SMILES string of the molecule is CCOc1ccc(C/C(C)=N\O)cc1S(N)(=O)=O. The summed E-state index contributed by atoms with van der Waals surface area (Å²) in [5, 5.41) is 16.8. The Labute approximate surface area is 106 Å². The summed E-state index contributed by atoms with van der Waals surface area (Å²) < 4.78 is 28.1. The van der Waals surface area contributed by atoms with Gasteiger partial charge in [0, 0.05) is 6.42 Å². The molecule has 0 heterocycles. The number of rotatable bonds is 5. The standard InChI is InChI=1S/C11H16N2O4S/c1-3-17-10-5-4-9(6-8(2)13-14)7-11(10)18(12,15)16/h4-5,7,14H,3,6H2,1-2H3,(H2,12,15,16)/b13-8-. The molecule has 6 nitrogen and oxygen atoms in total. The Morgan fingerprint density at radius 3 is 2.67 bits per heavy atom. The minimum absolute atomic E-state index is 0.0624. The average molecular weight is 272 g/mol. The van der Waals surface area contributed by atoms with Crippen LogP contribution in [0.5, 0.6) is 5.75 Å². The molecule has 0 amide bonds. The highest BCUT2D eigenvalue weighted by atomic mass is 32.2. The van der Waals surface area contributed by atoms with Gasteiger partial charge in [0.1, 0.15) is 10.6 Å². The van der Waals surface area contributed by atoms with E-state index >= 15 is 0 Å². The van der Waals surface area contributed by atoms with Crippen molar-refractivity contribution in [3.8, 4) is 5.75 Å². The van der Waals surface area contributed by atoms with Crippen LogP contribution in [-0.2, 0) is 16.4 Å². The van der Waals surface area contributed by atoms with Crippen molar-refractivity contribution in [2.45, 2.75) is 25.2 Å². The van der Waals surface area contributed by atoms with Crippen molar-refractivity contribution < 1.29 is 18.4 Å². The molecule has 3 N–H and O–H groups in total. The molecule has 0 aliphatic carbocycles. The Kier molecular flexibility index (Phi) is 4.69. The normalized spacial score (nSPS) is 12.5. The Balaban J connectivity index is 3.22. The van der Waals surface area contributed by atoms with E-state index < -0.39 is 10.0 Å². The number of hydrogen-bond donors (Lipinski definition) is 2. The van der Waals surface area contributed by atoms with Crippen LogP contribution in [0.3, 0.4) is 0 Å². The first kappa shape index (κ1) is 14.5. The largest absolute Gasteiger partial charge is 0.492 e. The highest BCUT2D eigenvalue weighted by Crippen LogP contribution is 2.24. The van der Waals surface area contributed by atoms with Crippen molar-refractivity contribution in [1.82, 2.24) is 0 Å². The Bertz CT molecular complexity index is 552. The molecule has 1 aromatic carbocycles. The van der Waals surface area contributed by atoms with Crippen molar-refractivity contribution in [2.75, 3.05) is 6.61 Å². The molecule has 0 fully saturated rings. The van der Waals surface area contributed by atoms with Gasteiger partial charge in [-0.25, -0.2) is 13.6 Å². The lowest BCUT2D eigenvalue weighted by atomic mass is 10.1. The lowest BCUT2D eigenvalue weighted by Crippen LogP contribution is -2.14. The van der Waals surface area contributed by atoms with Gasteiger partial charge in [-0.2, -0.15) is 0 Å². The van der Waals surface area contributed by atoms with Gasteiger partial charge in [0.05, 0.1) is 12.3 Å². The van der Waals surface area contributed by atoms with E-state index in [2.05, 4.69) is 5.16 Å². The molecule has 0 aromatic heterocycles. The number of ether oxygens (including phenoxy) is 1. The highest BCUT2D eigenvalue weighted by Gasteiger charge is 2.16. The molecular formula is C11H16N2O4S. The van der Waals surface area contributed by atoms with Gasteiger partial charge in [0.15, 0.2) is 0 Å². The Morgan fingerprint density at radius 1 is 1.50 bits per heavy atom. The summed E-state index contributed by atoms with van der Waals surface area (Å²) in [5.74, 6) is 0.224. The maximum Gasteiger partial charge on any atom is 0.241 e. The van der Waals surface area contributed by atoms with Crippen molar-refractivity contribution in [1.29, 1.82) is 0 Å². The fraction of sp³-hybridized carbons (Fsp3) is 0.364. The molecule has 100 valence electrons. The maximum atomic E-state index is 11.5. The van der Waals surface area contributed by atoms with Gasteiger partial charge in [-0.15, -0.1) is 0 Å². The highest BCUT2D eigenvalue weighted by molar-refractivity contribution is 7.89. The Hall–Kier alpha value is -1.60. The molecule has 1 aromatic rings. The first-order chi connectivity index (χ1) is 8.38. The van der Waals surface area contributed by atoms with Crippen LogP contribution in [0.2, 0.25) is 0 Å². The summed E-state index contributed by atoms with van der Waals surface area (Å²) in [6, 6.07) is 4.67. The van der Waals surface area contributed by atoms with Crippen LogP contribution < -0.4 is 9.88 Å². The van der Waals surface area contributed by atoms with Crippen LogP contribution in [0, 0.1) is 0 Å². The topological polar surface area (TPSA) is 102 Å². The second-order valence-corrected chi connectivity index (χ2v) is 5.30. The smallest absolute Gasteiger partial charge is 0.241 e. The van der Waals surface area contributed by atoms with Gasteiger partial charge in [0.25, 0.3) is 0 Å². The fourth-order valence-corrected chi connectivity index (χ4v) is 2.21. The van der Waals surface area contributed by atoms with E-state index in [9.17, 15) is 8.42 Å². The van der Waals surface area contributed by atoms with Crippen molar-refractivity contribution in [3.05, 3.63) is 23.8 Å². The third-order valence-electron chi connectivity index (χ3n) is 2.25. The third kappa shape index (κ3) is 3.71. The molecule has 7 heteroatoms. The van der Waals surface area contributed by atoms with E-state index in [0.717, 1.165) is 0 Å². The quantitative estimate of drug-likeness (QED) is 0.476. The number of primary sulfonamides is 1. The molecule has 0 saturated carbocycles. The van der Waals surface area contributed by atoms with E-state index in [1.807, 2.05) is 0 Å². The van der Waals surface area contributed by atoms with Crippen LogP contribution in [-0.4, -0.2) is 25.9 Å². The number of benzene rings is 1. The van der Waals surface area contributed by atoms with E-state index in [1.54, 1.807) is 26.0 Å². The van der Waals surface area contributed by atoms with Crippen molar-refractivity contribution >= 4 is 15.7 Å². The molecular weight excluding hydrogens is 256 g/mol. The van der Waals surface area contributed by atoms with Crippen LogP contribution >= 0.6 is 0 Å².